The van der Waals surface area contributed by atoms with Crippen molar-refractivity contribution < 1.29 is 45.8 Å². The van der Waals surface area contributed by atoms with Gasteiger partial charge in [-0.1, -0.05) is 0 Å². The van der Waals surface area contributed by atoms with Gasteiger partial charge in [-0.25, -0.2) is 0 Å². The first-order chi connectivity index (χ1) is 2.00. The first-order valence-electron chi connectivity index (χ1n) is 0.493. The Labute approximate surface area is 83.4 Å². The van der Waals surface area contributed by atoms with E-state index >= 15 is 0 Å². The zero-order valence-corrected chi connectivity index (χ0v) is 13.6. The van der Waals surface area contributed by atoms with Crippen LogP contribution in [0.25, 0.3) is 0 Å². The Hall–Kier alpha value is 2.18. The van der Waals surface area contributed by atoms with E-state index in [1.165, 1.54) is 0 Å². The van der Waals surface area contributed by atoms with E-state index in [2.05, 4.69) is 0 Å². The number of hydrogen-bond acceptors (Lipinski definition) is 2. The fraction of sp³-hybridized carbons (Fsp3) is 0. The molecule has 0 amide bonds. The molecule has 0 aromatic carbocycles. The molecule has 0 saturated carbocycles. The SMILES string of the molecule is [O]=[AlH].[O]=[Sn].[Zn].[Zn]. The van der Waals surface area contributed by atoms with Crippen molar-refractivity contribution in [2.75, 3.05) is 0 Å². The third kappa shape index (κ3) is 34.9. The van der Waals surface area contributed by atoms with Crippen molar-refractivity contribution in [3.63, 3.8) is 0 Å². The summed E-state index contributed by atoms with van der Waals surface area (Å²) in [6.07, 6.45) is 0. The van der Waals surface area contributed by atoms with Gasteiger partial charge in [0.15, 0.2) is 0 Å². The van der Waals surface area contributed by atoms with Crippen LogP contribution in [0.4, 0.5) is 0 Å². The predicted molar refractivity (Wildman–Crippen MR) is 14.3 cm³/mol. The first kappa shape index (κ1) is 24.1. The maximum Gasteiger partial charge on any atom is 0 e. The largest absolute Gasteiger partial charge is 0 e. The molecule has 6 heteroatoms. The molecule has 2 nitrogen and oxygen atoms in total. The predicted octanol–water partition coefficient (Wildman–Crippen LogP) is -1.27. The Morgan fingerprint density at radius 1 is 1.00 bits per heavy atom. The summed E-state index contributed by atoms with van der Waals surface area (Å²) in [6.45, 7) is 0. The Morgan fingerprint density at radius 2 is 1.00 bits per heavy atom. The smallest absolute Gasteiger partial charge is 0 e. The average Bonchev–Trinajstić information content (AvgIpc) is 1.50. The standard InChI is InChI=1S/Al.2O.Sn.2Zn.H. The van der Waals surface area contributed by atoms with Crippen LogP contribution < -0.4 is 0 Å². The van der Waals surface area contributed by atoms with E-state index in [0.29, 0.717) is 38.7 Å². The molecular weight excluding hydrogens is 308 g/mol. The molecular formula is HAlO2SnZn2. The van der Waals surface area contributed by atoms with Crippen molar-refractivity contribution in [1.29, 1.82) is 0 Å². The molecule has 0 atom stereocenters. The van der Waals surface area contributed by atoms with Crippen LogP contribution in [0, 0.1) is 0 Å². The van der Waals surface area contributed by atoms with Crippen molar-refractivity contribution >= 4 is 38.7 Å². The molecule has 0 aliphatic carbocycles. The van der Waals surface area contributed by atoms with Crippen LogP contribution in [-0.2, 0) is 45.8 Å². The summed E-state index contributed by atoms with van der Waals surface area (Å²) in [7, 11) is 0. The Balaban J connectivity index is -0.00000000500. The molecule has 0 rings (SSSR count). The summed E-state index contributed by atoms with van der Waals surface area (Å²) in [4.78, 5) is 0. The van der Waals surface area contributed by atoms with Gasteiger partial charge in [0.25, 0.3) is 0 Å². The minimum Gasteiger partial charge on any atom is 0 e. The third-order valence-electron chi connectivity index (χ3n) is 0. The summed E-state index contributed by atoms with van der Waals surface area (Å²) in [5.74, 6) is 0. The molecule has 2 radical (unpaired) electrons. The Kier molecular flexibility index (Phi) is 232. The minimum atomic E-state index is 0. The monoisotopic (exact) mass is 308 g/mol. The molecule has 0 aromatic heterocycles. The van der Waals surface area contributed by atoms with Crippen molar-refractivity contribution in [1.82, 2.24) is 0 Å². The van der Waals surface area contributed by atoms with Crippen LogP contribution in [0.5, 0.6) is 0 Å². The molecule has 24 valence electrons. The zero-order valence-electron chi connectivity index (χ0n) is 3.44. The maximum atomic E-state index is 8.34. The van der Waals surface area contributed by atoms with E-state index in [4.69, 9.17) is 6.88 Å². The van der Waals surface area contributed by atoms with E-state index in [1.54, 1.807) is 0 Å². The van der Waals surface area contributed by atoms with Gasteiger partial charge in [0, 0.05) is 39.0 Å². The van der Waals surface area contributed by atoms with Crippen molar-refractivity contribution in [2.45, 2.75) is 0 Å². The fourth-order valence-electron chi connectivity index (χ4n) is 0. The molecule has 6 heavy (non-hydrogen) atoms. The number of rotatable bonds is 0. The first-order valence-corrected chi connectivity index (χ1v) is 2.24. The van der Waals surface area contributed by atoms with Gasteiger partial charge in [-0.05, 0) is 0 Å². The van der Waals surface area contributed by atoms with Crippen LogP contribution in [0.2, 0.25) is 0 Å². The molecule has 0 heterocycles. The van der Waals surface area contributed by atoms with Gasteiger partial charge in [-0.3, -0.25) is 0 Å². The minimum absolute atomic E-state index is 0. The van der Waals surface area contributed by atoms with Crippen LogP contribution >= 0.6 is 0 Å². The fourth-order valence-corrected chi connectivity index (χ4v) is 0. The van der Waals surface area contributed by atoms with Gasteiger partial charge in [0.05, 0.1) is 0 Å². The van der Waals surface area contributed by atoms with E-state index in [0.717, 1.165) is 0 Å². The van der Waals surface area contributed by atoms with E-state index in [9.17, 15) is 0 Å². The second-order valence-electron chi connectivity index (χ2n) is 0. The van der Waals surface area contributed by atoms with Gasteiger partial charge in [-0.15, -0.1) is 0 Å². The molecule has 0 unspecified atom stereocenters. The van der Waals surface area contributed by atoms with Crippen LogP contribution in [0.3, 0.4) is 0 Å². The molecule has 0 fully saturated rings. The van der Waals surface area contributed by atoms with Crippen molar-refractivity contribution in [2.24, 2.45) is 0 Å². The summed E-state index contributed by atoms with van der Waals surface area (Å²) < 4.78 is 16.6. The van der Waals surface area contributed by atoms with E-state index < -0.39 is 0 Å². The molecule has 0 aliphatic rings. The number of hydrogen-bond donors (Lipinski definition) is 0. The zero-order chi connectivity index (χ0) is 4.00. The van der Waals surface area contributed by atoms with Crippen molar-refractivity contribution in [3.8, 4) is 0 Å². The Bertz CT molecular complexity index is 13.5. The van der Waals surface area contributed by atoms with Gasteiger partial charge in [0.1, 0.15) is 0 Å². The molecule has 0 spiro atoms. The quantitative estimate of drug-likeness (QED) is 0.523. The normalized spacial score (nSPS) is 1.17. The molecule has 0 aromatic rings. The summed E-state index contributed by atoms with van der Waals surface area (Å²) in [5, 5.41) is 0. The molecule has 0 N–H and O–H groups in total. The maximum absolute atomic E-state index is 8.34. The van der Waals surface area contributed by atoms with Gasteiger partial charge >= 0.3 is 45.6 Å². The van der Waals surface area contributed by atoms with Crippen molar-refractivity contribution in [3.05, 3.63) is 0 Å². The summed E-state index contributed by atoms with van der Waals surface area (Å²) in [5.41, 5.74) is 0. The summed E-state index contributed by atoms with van der Waals surface area (Å²) >= 11 is 0.911. The Morgan fingerprint density at radius 3 is 1.00 bits per heavy atom. The van der Waals surface area contributed by atoms with Crippen LogP contribution in [0.1, 0.15) is 0 Å². The molecule has 0 bridgehead atoms. The van der Waals surface area contributed by atoms with E-state index in [1.807, 2.05) is 0 Å². The topological polar surface area (TPSA) is 34.1 Å². The van der Waals surface area contributed by atoms with Crippen LogP contribution in [0.15, 0.2) is 0 Å². The summed E-state index contributed by atoms with van der Waals surface area (Å²) in [6, 6.07) is 0. The van der Waals surface area contributed by atoms with Gasteiger partial charge in [0.2, 0.25) is 0 Å². The molecule has 0 saturated heterocycles. The second-order valence-corrected chi connectivity index (χ2v) is 0. The van der Waals surface area contributed by atoms with Gasteiger partial charge < -0.3 is 0 Å². The van der Waals surface area contributed by atoms with Gasteiger partial charge in [-0.2, -0.15) is 0 Å². The average molecular weight is 309 g/mol. The van der Waals surface area contributed by atoms with E-state index in [-0.39, 0.29) is 39.0 Å². The molecule has 0 aliphatic heterocycles. The van der Waals surface area contributed by atoms with Crippen LogP contribution in [-0.4, -0.2) is 38.7 Å². The second kappa shape index (κ2) is 57.8. The third-order valence-corrected chi connectivity index (χ3v) is 0.